The number of anilines is 2. The first kappa shape index (κ1) is 18.1. The molecule has 0 aliphatic heterocycles. The fraction of sp³-hybridized carbons (Fsp3) is 0.316. The van der Waals surface area contributed by atoms with Crippen LogP contribution in [-0.2, 0) is 4.79 Å². The van der Waals surface area contributed by atoms with E-state index < -0.39 is 0 Å². The van der Waals surface area contributed by atoms with Crippen LogP contribution in [0.3, 0.4) is 0 Å². The lowest BCUT2D eigenvalue weighted by Gasteiger charge is -2.13. The zero-order valence-electron chi connectivity index (χ0n) is 14.5. The molecule has 128 valence electrons. The van der Waals surface area contributed by atoms with Crippen LogP contribution in [0.4, 0.5) is 11.4 Å². The molecule has 0 bridgehead atoms. The van der Waals surface area contributed by atoms with Gasteiger partial charge in [-0.05, 0) is 44.0 Å². The summed E-state index contributed by atoms with van der Waals surface area (Å²) in [6.07, 6.45) is 0.359. The third-order valence-electron chi connectivity index (χ3n) is 3.80. The molecule has 0 fully saturated rings. The normalized spacial score (nSPS) is 10.4. The molecule has 0 saturated heterocycles. The average molecular weight is 347 g/mol. The van der Waals surface area contributed by atoms with Gasteiger partial charge in [0.05, 0.1) is 12.8 Å². The van der Waals surface area contributed by atoms with Crippen molar-refractivity contribution in [2.75, 3.05) is 24.3 Å². The van der Waals surface area contributed by atoms with E-state index in [2.05, 4.69) is 16.7 Å². The Morgan fingerprint density at radius 3 is 2.50 bits per heavy atom. The van der Waals surface area contributed by atoms with Gasteiger partial charge in [0, 0.05) is 29.7 Å². The summed E-state index contributed by atoms with van der Waals surface area (Å²) in [4.78, 5) is 12.1. The highest BCUT2D eigenvalue weighted by molar-refractivity contribution is 6.31. The summed E-state index contributed by atoms with van der Waals surface area (Å²) in [6.45, 7) is 6.46. The molecule has 0 saturated carbocycles. The maximum Gasteiger partial charge on any atom is 0.226 e. The molecule has 0 atom stereocenters. The van der Waals surface area contributed by atoms with Crippen molar-refractivity contribution in [1.29, 1.82) is 0 Å². The van der Waals surface area contributed by atoms with Crippen LogP contribution < -0.4 is 15.4 Å². The molecular formula is C19H23ClN2O2. The van der Waals surface area contributed by atoms with Crippen LogP contribution in [0.25, 0.3) is 0 Å². The number of amides is 1. The summed E-state index contributed by atoms with van der Waals surface area (Å²) in [5.74, 6) is 0.638. The Kier molecular flexibility index (Phi) is 6.10. The number of halogens is 1. The number of carbonyl (C=O) groups excluding carboxylic acids is 1. The monoisotopic (exact) mass is 346 g/mol. The number of nitrogens with one attached hydrogen (secondary N) is 2. The molecule has 0 radical (unpaired) electrons. The van der Waals surface area contributed by atoms with Crippen molar-refractivity contribution in [2.45, 2.75) is 27.2 Å². The van der Waals surface area contributed by atoms with Gasteiger partial charge in [-0.25, -0.2) is 0 Å². The molecule has 5 heteroatoms. The zero-order chi connectivity index (χ0) is 17.7. The van der Waals surface area contributed by atoms with Gasteiger partial charge in [-0.3, -0.25) is 4.79 Å². The van der Waals surface area contributed by atoms with Crippen molar-refractivity contribution in [3.8, 4) is 5.75 Å². The maximum absolute atomic E-state index is 12.1. The third-order valence-corrected chi connectivity index (χ3v) is 4.21. The molecule has 2 aromatic carbocycles. The summed E-state index contributed by atoms with van der Waals surface area (Å²) in [7, 11) is 1.60. The second kappa shape index (κ2) is 8.06. The fourth-order valence-corrected chi connectivity index (χ4v) is 2.60. The molecule has 0 aliphatic carbocycles. The molecule has 0 aromatic heterocycles. The highest BCUT2D eigenvalue weighted by Crippen LogP contribution is 2.30. The van der Waals surface area contributed by atoms with Gasteiger partial charge >= 0.3 is 0 Å². The second-order valence-corrected chi connectivity index (χ2v) is 6.25. The lowest BCUT2D eigenvalue weighted by atomic mass is 10.1. The summed E-state index contributed by atoms with van der Waals surface area (Å²) in [5.41, 5.74) is 4.88. The van der Waals surface area contributed by atoms with E-state index in [1.54, 1.807) is 13.2 Å². The highest BCUT2D eigenvalue weighted by Gasteiger charge is 2.08. The van der Waals surface area contributed by atoms with E-state index >= 15 is 0 Å². The standard InChI is InChI=1S/C19H23ClN2O2/c1-12-5-6-16(14(3)9-12)22-19(23)7-8-21-17-10-13(2)15(20)11-18(17)24-4/h5-6,9-11,21H,7-8H2,1-4H3,(H,22,23). The number of ether oxygens (including phenoxy) is 1. The predicted molar refractivity (Wildman–Crippen MR) is 100 cm³/mol. The van der Waals surface area contributed by atoms with E-state index in [1.165, 1.54) is 5.56 Å². The minimum absolute atomic E-state index is 0.0286. The first-order valence-electron chi connectivity index (χ1n) is 7.86. The van der Waals surface area contributed by atoms with Crippen LogP contribution in [0.2, 0.25) is 5.02 Å². The molecule has 0 aliphatic rings. The predicted octanol–water partition coefficient (Wildman–Crippen LogP) is 4.71. The van der Waals surface area contributed by atoms with Crippen molar-refractivity contribution < 1.29 is 9.53 Å². The van der Waals surface area contributed by atoms with Gasteiger partial charge in [0.15, 0.2) is 0 Å². The van der Waals surface area contributed by atoms with Gasteiger partial charge in [0.1, 0.15) is 5.75 Å². The molecule has 4 nitrogen and oxygen atoms in total. The number of aryl methyl sites for hydroxylation is 3. The molecule has 2 N–H and O–H groups in total. The molecule has 0 unspecified atom stereocenters. The Balaban J connectivity index is 1.92. The Hall–Kier alpha value is -2.20. The van der Waals surface area contributed by atoms with E-state index in [0.717, 1.165) is 22.5 Å². The van der Waals surface area contributed by atoms with Gasteiger partial charge in [-0.2, -0.15) is 0 Å². The molecule has 1 amide bonds. The van der Waals surface area contributed by atoms with Crippen molar-refractivity contribution in [3.05, 3.63) is 52.0 Å². The van der Waals surface area contributed by atoms with Crippen molar-refractivity contribution in [2.24, 2.45) is 0 Å². The quantitative estimate of drug-likeness (QED) is 0.796. The summed E-state index contributed by atoms with van der Waals surface area (Å²) in [5, 5.41) is 6.83. The molecule has 0 heterocycles. The number of carbonyl (C=O) groups is 1. The molecular weight excluding hydrogens is 324 g/mol. The molecule has 2 aromatic rings. The Labute approximate surface area is 148 Å². The number of hydrogen-bond acceptors (Lipinski definition) is 3. The minimum atomic E-state index is -0.0286. The minimum Gasteiger partial charge on any atom is -0.495 e. The van der Waals surface area contributed by atoms with Gasteiger partial charge in [0.2, 0.25) is 5.91 Å². The second-order valence-electron chi connectivity index (χ2n) is 5.85. The van der Waals surface area contributed by atoms with Gasteiger partial charge in [-0.1, -0.05) is 29.3 Å². The van der Waals surface area contributed by atoms with E-state index in [0.29, 0.717) is 23.7 Å². The zero-order valence-corrected chi connectivity index (χ0v) is 15.3. The Morgan fingerprint density at radius 2 is 1.83 bits per heavy atom. The van der Waals surface area contributed by atoms with Gasteiger partial charge in [0.25, 0.3) is 0 Å². The van der Waals surface area contributed by atoms with Crippen molar-refractivity contribution in [1.82, 2.24) is 0 Å². The third kappa shape index (κ3) is 4.65. The van der Waals surface area contributed by atoms with Crippen LogP contribution >= 0.6 is 11.6 Å². The maximum atomic E-state index is 12.1. The lowest BCUT2D eigenvalue weighted by molar-refractivity contribution is -0.115. The van der Waals surface area contributed by atoms with E-state index in [9.17, 15) is 4.79 Å². The van der Waals surface area contributed by atoms with E-state index in [-0.39, 0.29) is 5.91 Å². The van der Waals surface area contributed by atoms with Gasteiger partial charge < -0.3 is 15.4 Å². The van der Waals surface area contributed by atoms with Crippen molar-refractivity contribution in [3.63, 3.8) is 0 Å². The highest BCUT2D eigenvalue weighted by atomic mass is 35.5. The number of methoxy groups -OCH3 is 1. The van der Waals surface area contributed by atoms with Gasteiger partial charge in [-0.15, -0.1) is 0 Å². The van der Waals surface area contributed by atoms with Crippen molar-refractivity contribution >= 4 is 28.9 Å². The first-order chi connectivity index (χ1) is 11.4. The Morgan fingerprint density at radius 1 is 1.08 bits per heavy atom. The van der Waals surface area contributed by atoms with E-state index in [4.69, 9.17) is 16.3 Å². The van der Waals surface area contributed by atoms with Crippen LogP contribution in [0, 0.1) is 20.8 Å². The SMILES string of the molecule is COc1cc(Cl)c(C)cc1NCCC(=O)Nc1ccc(C)cc1C. The lowest BCUT2D eigenvalue weighted by Crippen LogP contribution is -2.17. The smallest absolute Gasteiger partial charge is 0.226 e. The first-order valence-corrected chi connectivity index (χ1v) is 8.23. The largest absolute Gasteiger partial charge is 0.495 e. The van der Waals surface area contributed by atoms with Crippen LogP contribution in [0.5, 0.6) is 5.75 Å². The summed E-state index contributed by atoms with van der Waals surface area (Å²) in [6, 6.07) is 9.66. The number of rotatable bonds is 6. The Bertz CT molecular complexity index is 744. The number of hydrogen-bond donors (Lipinski definition) is 2. The average Bonchev–Trinajstić information content (AvgIpc) is 2.53. The molecule has 24 heavy (non-hydrogen) atoms. The molecule has 2 rings (SSSR count). The van der Waals surface area contributed by atoms with Crippen LogP contribution in [0.15, 0.2) is 30.3 Å². The topological polar surface area (TPSA) is 50.4 Å². The van der Waals surface area contributed by atoms with E-state index in [1.807, 2.05) is 39.0 Å². The molecule has 0 spiro atoms. The number of benzene rings is 2. The van der Waals surface area contributed by atoms with Crippen LogP contribution in [-0.4, -0.2) is 19.6 Å². The fourth-order valence-electron chi connectivity index (χ4n) is 2.45. The summed E-state index contributed by atoms with van der Waals surface area (Å²) < 4.78 is 5.31. The van der Waals surface area contributed by atoms with Crippen LogP contribution in [0.1, 0.15) is 23.1 Å². The summed E-state index contributed by atoms with van der Waals surface area (Å²) >= 11 is 6.09.